The van der Waals surface area contributed by atoms with Crippen molar-refractivity contribution in [2.75, 3.05) is 6.61 Å². The number of hydrogen-bond acceptors (Lipinski definition) is 5. The Morgan fingerprint density at radius 1 is 1.27 bits per heavy atom. The van der Waals surface area contributed by atoms with E-state index >= 15 is 0 Å². The average Bonchev–Trinajstić information content (AvgIpc) is 3.01. The number of aromatic hydroxyl groups is 1. The summed E-state index contributed by atoms with van der Waals surface area (Å²) in [7, 11) is 2.03. The number of fused-ring (bicyclic) bond motifs is 4. The fourth-order valence-corrected chi connectivity index (χ4v) is 4.83. The van der Waals surface area contributed by atoms with Gasteiger partial charge in [-0.3, -0.25) is 4.79 Å². The Labute approximate surface area is 197 Å². The number of carboxylic acids is 1. The molecule has 2 aromatic heterocycles. The van der Waals surface area contributed by atoms with Gasteiger partial charge in [0, 0.05) is 47.4 Å². The summed E-state index contributed by atoms with van der Waals surface area (Å²) in [6, 6.07) is 6.01. The molecule has 0 atom stereocenters. The molecule has 1 aliphatic heterocycles. The zero-order valence-electron chi connectivity index (χ0n) is 18.7. The van der Waals surface area contributed by atoms with Crippen LogP contribution in [-0.2, 0) is 20.0 Å². The van der Waals surface area contributed by atoms with E-state index in [4.69, 9.17) is 4.74 Å². The van der Waals surface area contributed by atoms with Crippen molar-refractivity contribution in [3.63, 3.8) is 0 Å². The van der Waals surface area contributed by atoms with Crippen LogP contribution in [0.2, 0.25) is 0 Å². The van der Waals surface area contributed by atoms with Gasteiger partial charge in [0.05, 0.1) is 17.8 Å². The number of nitrogens with zero attached hydrogens (tertiary/aromatic N) is 1. The molecule has 1 saturated carbocycles. The summed E-state index contributed by atoms with van der Waals surface area (Å²) in [6.45, 7) is 3.43. The number of H-pyrrole nitrogens is 1. The number of aromatic amines is 1. The van der Waals surface area contributed by atoms with Crippen LogP contribution in [0.25, 0.3) is 22.2 Å². The Balaban J connectivity index is 0.00000259. The van der Waals surface area contributed by atoms with Crippen LogP contribution in [0.4, 0.5) is 0 Å². The molecule has 1 fully saturated rings. The van der Waals surface area contributed by atoms with Gasteiger partial charge in [0.1, 0.15) is 11.5 Å². The monoisotopic (exact) mass is 473 g/mol. The van der Waals surface area contributed by atoms with Gasteiger partial charge < -0.3 is 29.8 Å². The van der Waals surface area contributed by atoms with Gasteiger partial charge in [0.25, 0.3) is 5.56 Å². The second kappa shape index (κ2) is 8.43. The summed E-state index contributed by atoms with van der Waals surface area (Å²) in [4.78, 5) is 26.6. The molecule has 0 bridgehead atoms. The maximum Gasteiger partial charge on any atom is 0.345 e. The molecule has 4 N–H and O–H groups in total. The first-order chi connectivity index (χ1) is 15.3. The molecule has 3 aromatic rings. The first kappa shape index (κ1) is 23.2. The smallest absolute Gasteiger partial charge is 0.345 e. The Bertz CT molecular complexity index is 1310. The number of aromatic carboxylic acids is 1. The van der Waals surface area contributed by atoms with E-state index in [-0.39, 0.29) is 17.9 Å². The number of ether oxygens (including phenoxy) is 1. The van der Waals surface area contributed by atoms with Gasteiger partial charge in [-0.25, -0.2) is 4.79 Å². The quantitative estimate of drug-likeness (QED) is 0.459. The number of hydrogen-bond donors (Lipinski definition) is 4. The molecule has 1 aliphatic carbocycles. The summed E-state index contributed by atoms with van der Waals surface area (Å²) in [5, 5.41) is 24.6. The second-order valence-electron chi connectivity index (χ2n) is 9.16. The highest BCUT2D eigenvalue weighted by atomic mass is 35.5. The third kappa shape index (κ3) is 3.87. The fourth-order valence-electron chi connectivity index (χ4n) is 4.83. The molecule has 0 saturated heterocycles. The van der Waals surface area contributed by atoms with Crippen molar-refractivity contribution in [2.45, 2.75) is 51.1 Å². The first-order valence-electron chi connectivity index (χ1n) is 11.0. The number of aryl methyl sites for hydroxylation is 1. The van der Waals surface area contributed by atoms with Gasteiger partial charge in [-0.2, -0.15) is 0 Å². The third-order valence-electron chi connectivity index (χ3n) is 7.00. The van der Waals surface area contributed by atoms with Gasteiger partial charge in [-0.15, -0.1) is 12.4 Å². The van der Waals surface area contributed by atoms with Crippen molar-refractivity contribution >= 4 is 29.3 Å². The number of aromatic nitrogens is 2. The lowest BCUT2D eigenvalue weighted by atomic mass is 9.78. The van der Waals surface area contributed by atoms with Crippen LogP contribution in [0.1, 0.15) is 54.2 Å². The van der Waals surface area contributed by atoms with Crippen molar-refractivity contribution in [3.8, 4) is 22.8 Å². The Hall–Kier alpha value is -2.97. The molecule has 0 radical (unpaired) electrons. The van der Waals surface area contributed by atoms with E-state index in [2.05, 4.69) is 27.9 Å². The van der Waals surface area contributed by atoms with Gasteiger partial charge in [-0.05, 0) is 51.2 Å². The highest BCUT2D eigenvalue weighted by molar-refractivity contribution is 5.94. The number of rotatable bonds is 4. The molecule has 0 amide bonds. The van der Waals surface area contributed by atoms with Gasteiger partial charge in [0.15, 0.2) is 5.56 Å². The molecule has 9 heteroatoms. The minimum Gasteiger partial charge on any atom is -0.506 e. The van der Waals surface area contributed by atoms with Crippen molar-refractivity contribution in [1.29, 1.82) is 0 Å². The minimum atomic E-state index is -1.44. The van der Waals surface area contributed by atoms with Crippen LogP contribution in [0, 0.1) is 0 Å². The molecule has 8 nitrogen and oxygen atoms in total. The van der Waals surface area contributed by atoms with E-state index in [1.807, 2.05) is 19.2 Å². The lowest BCUT2D eigenvalue weighted by Crippen LogP contribution is -2.47. The van der Waals surface area contributed by atoms with Gasteiger partial charge in [-0.1, -0.05) is 0 Å². The molecule has 33 heavy (non-hydrogen) atoms. The first-order valence-corrected chi connectivity index (χ1v) is 11.0. The van der Waals surface area contributed by atoms with E-state index in [9.17, 15) is 19.8 Å². The van der Waals surface area contributed by atoms with E-state index < -0.39 is 22.8 Å². The van der Waals surface area contributed by atoms with Gasteiger partial charge in [0.2, 0.25) is 0 Å². The van der Waals surface area contributed by atoms with E-state index in [1.54, 1.807) is 0 Å². The number of benzene rings is 1. The van der Waals surface area contributed by atoms with Crippen molar-refractivity contribution in [2.24, 2.45) is 7.05 Å². The Morgan fingerprint density at radius 2 is 2.03 bits per heavy atom. The topological polar surface area (TPSA) is 117 Å². The van der Waals surface area contributed by atoms with Crippen LogP contribution in [0.15, 0.2) is 23.0 Å². The van der Waals surface area contributed by atoms with Crippen molar-refractivity contribution in [3.05, 3.63) is 45.4 Å². The molecular weight excluding hydrogens is 446 g/mol. The maximum absolute atomic E-state index is 12.4. The zero-order valence-corrected chi connectivity index (χ0v) is 19.5. The summed E-state index contributed by atoms with van der Waals surface area (Å²) in [5.41, 5.74) is 2.40. The molecule has 3 heterocycles. The van der Waals surface area contributed by atoms with Crippen LogP contribution >= 0.6 is 12.4 Å². The van der Waals surface area contributed by atoms with Crippen molar-refractivity contribution < 1.29 is 19.7 Å². The summed E-state index contributed by atoms with van der Waals surface area (Å²) in [5.74, 6) is -1.31. The highest BCUT2D eigenvalue weighted by Crippen LogP contribution is 2.40. The number of carbonyl (C=O) groups is 1. The summed E-state index contributed by atoms with van der Waals surface area (Å²) >= 11 is 0. The normalized spacial score (nSPS) is 16.4. The van der Waals surface area contributed by atoms with Crippen LogP contribution in [0.3, 0.4) is 0 Å². The number of pyridine rings is 1. The predicted octanol–water partition coefficient (Wildman–Crippen LogP) is 3.72. The van der Waals surface area contributed by atoms with Gasteiger partial charge >= 0.3 is 5.97 Å². The SMILES string of the molecule is Cl.Cn1c(CNC2(C)CCC2)cc2cc3c(cc21)OCCCc1c-3[nH]c(=O)c(C(=O)O)c1O. The number of nitrogens with one attached hydrogen (secondary N) is 2. The maximum atomic E-state index is 12.4. The van der Waals surface area contributed by atoms with Crippen LogP contribution in [0.5, 0.6) is 11.5 Å². The number of carboxylic acid groups (broad SMARTS) is 1. The Kier molecular flexibility index (Phi) is 5.92. The predicted molar refractivity (Wildman–Crippen MR) is 128 cm³/mol. The molecule has 5 rings (SSSR count). The van der Waals surface area contributed by atoms with E-state index in [0.717, 1.165) is 23.1 Å². The van der Waals surface area contributed by atoms with Crippen molar-refractivity contribution in [1.82, 2.24) is 14.9 Å². The molecule has 0 spiro atoms. The molecule has 0 unspecified atom stereocenters. The molecule has 176 valence electrons. The highest BCUT2D eigenvalue weighted by Gasteiger charge is 2.31. The average molecular weight is 474 g/mol. The molecular formula is C24H28ClN3O5. The van der Waals surface area contributed by atoms with Crippen LogP contribution in [-0.4, -0.2) is 37.9 Å². The molecule has 2 aliphatic rings. The standard InChI is InChI=1S/C24H27N3O5.ClH/c1-24(6-4-7-24)25-12-14-9-13-10-16-18(11-17(13)27(14)2)32-8-3-5-15-20(16)26-22(29)19(21(15)28)23(30)31;/h9-11,25H,3-8,12H2,1-2H3,(H,30,31)(H2,26,28,29);1H. The molecule has 1 aromatic carbocycles. The fraction of sp³-hybridized carbons (Fsp3) is 0.417. The third-order valence-corrected chi connectivity index (χ3v) is 7.00. The minimum absolute atomic E-state index is 0. The van der Waals surface area contributed by atoms with E-state index in [1.165, 1.54) is 19.3 Å². The number of halogens is 1. The lowest BCUT2D eigenvalue weighted by Gasteiger charge is -2.39. The Morgan fingerprint density at radius 3 is 2.70 bits per heavy atom. The van der Waals surface area contributed by atoms with E-state index in [0.29, 0.717) is 42.0 Å². The zero-order chi connectivity index (χ0) is 22.6. The summed E-state index contributed by atoms with van der Waals surface area (Å²) in [6.07, 6.45) is 4.62. The lowest BCUT2D eigenvalue weighted by molar-refractivity contribution is 0.0691. The second-order valence-corrected chi connectivity index (χ2v) is 9.16. The van der Waals surface area contributed by atoms with Crippen LogP contribution < -0.4 is 15.6 Å². The summed E-state index contributed by atoms with van der Waals surface area (Å²) < 4.78 is 8.15. The largest absolute Gasteiger partial charge is 0.506 e.